The zero-order chi connectivity index (χ0) is 14.0. The molecule has 1 heterocycles. The van der Waals surface area contributed by atoms with Gasteiger partial charge >= 0.3 is 0 Å². The third kappa shape index (κ3) is 3.42. The van der Waals surface area contributed by atoms with E-state index < -0.39 is 0 Å². The summed E-state index contributed by atoms with van der Waals surface area (Å²) in [7, 11) is 1.90. The van der Waals surface area contributed by atoms with Crippen molar-refractivity contribution in [1.29, 1.82) is 0 Å². The van der Waals surface area contributed by atoms with E-state index in [9.17, 15) is 0 Å². The van der Waals surface area contributed by atoms with Crippen molar-refractivity contribution < 1.29 is 0 Å². The standard InChI is InChI=1S/C13H14Cl3N3/c1-8-9(7-19(2)18-8)5-17-6-10-11(14)3-4-12(15)13(10)16/h3-4,7,17H,5-6H2,1-2H3. The van der Waals surface area contributed by atoms with E-state index in [0.717, 1.165) is 16.8 Å². The topological polar surface area (TPSA) is 29.9 Å². The maximum Gasteiger partial charge on any atom is 0.0652 e. The molecule has 19 heavy (non-hydrogen) atoms. The van der Waals surface area contributed by atoms with Gasteiger partial charge in [0.15, 0.2) is 0 Å². The van der Waals surface area contributed by atoms with Gasteiger partial charge in [0.25, 0.3) is 0 Å². The first-order valence-electron chi connectivity index (χ1n) is 5.81. The molecule has 0 aliphatic carbocycles. The van der Waals surface area contributed by atoms with Crippen LogP contribution in [-0.4, -0.2) is 9.78 Å². The van der Waals surface area contributed by atoms with E-state index in [1.807, 2.05) is 20.2 Å². The normalized spacial score (nSPS) is 11.0. The van der Waals surface area contributed by atoms with Crippen molar-refractivity contribution in [2.75, 3.05) is 0 Å². The van der Waals surface area contributed by atoms with Gasteiger partial charge in [-0.2, -0.15) is 5.10 Å². The Morgan fingerprint density at radius 1 is 1.16 bits per heavy atom. The van der Waals surface area contributed by atoms with Crippen LogP contribution in [0.5, 0.6) is 0 Å². The Kier molecular flexibility index (Phi) is 4.74. The van der Waals surface area contributed by atoms with Crippen molar-refractivity contribution in [2.45, 2.75) is 20.0 Å². The van der Waals surface area contributed by atoms with Crippen molar-refractivity contribution in [3.8, 4) is 0 Å². The Morgan fingerprint density at radius 2 is 1.84 bits per heavy atom. The largest absolute Gasteiger partial charge is 0.308 e. The van der Waals surface area contributed by atoms with Crippen molar-refractivity contribution in [3.05, 3.63) is 50.2 Å². The molecular formula is C13H14Cl3N3. The Morgan fingerprint density at radius 3 is 2.47 bits per heavy atom. The van der Waals surface area contributed by atoms with Crippen LogP contribution in [0.1, 0.15) is 16.8 Å². The average Bonchev–Trinajstić information content (AvgIpc) is 2.67. The van der Waals surface area contributed by atoms with Crippen LogP contribution in [0.2, 0.25) is 15.1 Å². The molecule has 1 N–H and O–H groups in total. The molecule has 0 radical (unpaired) electrons. The smallest absolute Gasteiger partial charge is 0.0652 e. The number of rotatable bonds is 4. The molecule has 0 bridgehead atoms. The van der Waals surface area contributed by atoms with E-state index >= 15 is 0 Å². The van der Waals surface area contributed by atoms with E-state index in [4.69, 9.17) is 34.8 Å². The molecule has 0 aliphatic heterocycles. The van der Waals surface area contributed by atoms with Crippen molar-refractivity contribution in [3.63, 3.8) is 0 Å². The summed E-state index contributed by atoms with van der Waals surface area (Å²) in [5.41, 5.74) is 2.98. The van der Waals surface area contributed by atoms with E-state index in [-0.39, 0.29) is 0 Å². The van der Waals surface area contributed by atoms with Crippen molar-refractivity contribution in [1.82, 2.24) is 15.1 Å². The molecule has 0 unspecified atom stereocenters. The number of nitrogens with one attached hydrogen (secondary N) is 1. The quantitative estimate of drug-likeness (QED) is 0.864. The van der Waals surface area contributed by atoms with Gasteiger partial charge in [-0.25, -0.2) is 0 Å². The lowest BCUT2D eigenvalue weighted by Crippen LogP contribution is -2.13. The van der Waals surface area contributed by atoms with Crippen LogP contribution < -0.4 is 5.32 Å². The van der Waals surface area contributed by atoms with E-state index in [1.54, 1.807) is 16.8 Å². The molecule has 3 nitrogen and oxygen atoms in total. The number of nitrogens with zero attached hydrogens (tertiary/aromatic N) is 2. The molecule has 2 rings (SSSR count). The zero-order valence-electron chi connectivity index (χ0n) is 10.7. The van der Waals surface area contributed by atoms with Crippen LogP contribution in [0.15, 0.2) is 18.3 Å². The summed E-state index contributed by atoms with van der Waals surface area (Å²) >= 11 is 18.2. The lowest BCUT2D eigenvalue weighted by atomic mass is 10.2. The number of benzene rings is 1. The highest BCUT2D eigenvalue weighted by molar-refractivity contribution is 6.44. The molecule has 0 saturated heterocycles. The van der Waals surface area contributed by atoms with Crippen LogP contribution in [0.4, 0.5) is 0 Å². The number of halogens is 3. The summed E-state index contributed by atoms with van der Waals surface area (Å²) in [6.45, 7) is 3.25. The molecule has 0 spiro atoms. The Hall–Kier alpha value is -0.740. The first kappa shape index (κ1) is 14.7. The third-order valence-electron chi connectivity index (χ3n) is 2.87. The minimum atomic E-state index is 0.504. The van der Waals surface area contributed by atoms with Gasteiger partial charge in [-0.1, -0.05) is 34.8 Å². The number of aromatic nitrogens is 2. The first-order chi connectivity index (χ1) is 8.99. The van der Waals surface area contributed by atoms with E-state index in [0.29, 0.717) is 28.2 Å². The minimum Gasteiger partial charge on any atom is -0.308 e. The average molecular weight is 319 g/mol. The molecule has 2 aromatic rings. The molecule has 0 saturated carbocycles. The summed E-state index contributed by atoms with van der Waals surface area (Å²) in [6, 6.07) is 3.45. The number of hydrogen-bond donors (Lipinski definition) is 1. The summed E-state index contributed by atoms with van der Waals surface area (Å²) in [4.78, 5) is 0. The minimum absolute atomic E-state index is 0.504. The summed E-state index contributed by atoms with van der Waals surface area (Å²) in [6.07, 6.45) is 1.99. The third-order valence-corrected chi connectivity index (χ3v) is 4.07. The van der Waals surface area contributed by atoms with Gasteiger partial charge in [0.2, 0.25) is 0 Å². The maximum atomic E-state index is 6.14. The molecule has 102 valence electrons. The monoisotopic (exact) mass is 317 g/mol. The lowest BCUT2D eigenvalue weighted by Gasteiger charge is -2.09. The second kappa shape index (κ2) is 6.14. The summed E-state index contributed by atoms with van der Waals surface area (Å²) < 4.78 is 1.80. The second-order valence-electron chi connectivity index (χ2n) is 4.34. The maximum absolute atomic E-state index is 6.14. The molecule has 0 atom stereocenters. The molecule has 6 heteroatoms. The van der Waals surface area contributed by atoms with Gasteiger partial charge in [0.1, 0.15) is 0 Å². The van der Waals surface area contributed by atoms with Crippen molar-refractivity contribution >= 4 is 34.8 Å². The molecule has 1 aromatic carbocycles. The SMILES string of the molecule is Cc1nn(C)cc1CNCc1c(Cl)ccc(Cl)c1Cl. The van der Waals surface area contributed by atoms with Crippen LogP contribution >= 0.6 is 34.8 Å². The van der Waals surface area contributed by atoms with Gasteiger partial charge in [0.05, 0.1) is 15.7 Å². The van der Waals surface area contributed by atoms with Crippen LogP contribution in [0.3, 0.4) is 0 Å². The van der Waals surface area contributed by atoms with Crippen LogP contribution in [-0.2, 0) is 20.1 Å². The first-order valence-corrected chi connectivity index (χ1v) is 6.94. The van der Waals surface area contributed by atoms with Crippen molar-refractivity contribution in [2.24, 2.45) is 7.05 Å². The van der Waals surface area contributed by atoms with Crippen LogP contribution in [0.25, 0.3) is 0 Å². The van der Waals surface area contributed by atoms with Gasteiger partial charge < -0.3 is 5.32 Å². The Labute approximate surface area is 127 Å². The van der Waals surface area contributed by atoms with Crippen LogP contribution in [0, 0.1) is 6.92 Å². The predicted molar refractivity (Wildman–Crippen MR) is 80.0 cm³/mol. The Bertz CT molecular complexity index is 593. The molecule has 0 fully saturated rings. The lowest BCUT2D eigenvalue weighted by molar-refractivity contribution is 0.690. The second-order valence-corrected chi connectivity index (χ2v) is 5.53. The molecule has 0 aliphatic rings. The highest BCUT2D eigenvalue weighted by atomic mass is 35.5. The van der Waals surface area contributed by atoms with Gasteiger partial charge in [-0.05, 0) is 19.1 Å². The summed E-state index contributed by atoms with van der Waals surface area (Å²) in [5, 5.41) is 9.22. The number of aryl methyl sites for hydroxylation is 2. The van der Waals surface area contributed by atoms with Gasteiger partial charge in [-0.15, -0.1) is 0 Å². The highest BCUT2D eigenvalue weighted by Crippen LogP contribution is 2.31. The molecule has 1 aromatic heterocycles. The Balaban J connectivity index is 2.04. The fraction of sp³-hybridized carbons (Fsp3) is 0.308. The van der Waals surface area contributed by atoms with Gasteiger partial charge in [0, 0.05) is 42.5 Å². The summed E-state index contributed by atoms with van der Waals surface area (Å²) in [5.74, 6) is 0. The molecule has 0 amide bonds. The zero-order valence-corrected chi connectivity index (χ0v) is 12.9. The number of hydrogen-bond acceptors (Lipinski definition) is 2. The fourth-order valence-corrected chi connectivity index (χ4v) is 2.56. The van der Waals surface area contributed by atoms with E-state index in [1.165, 1.54) is 0 Å². The fourth-order valence-electron chi connectivity index (χ4n) is 1.88. The predicted octanol–water partition coefficient (Wildman–Crippen LogP) is 3.98. The van der Waals surface area contributed by atoms with E-state index in [2.05, 4.69) is 10.4 Å². The molecular weight excluding hydrogens is 305 g/mol. The van der Waals surface area contributed by atoms with Gasteiger partial charge in [-0.3, -0.25) is 4.68 Å². The highest BCUT2D eigenvalue weighted by Gasteiger charge is 2.10.